The number of anilines is 4. The minimum absolute atomic E-state index is 0.553. The molecule has 0 unspecified atom stereocenters. The van der Waals surface area contributed by atoms with Gasteiger partial charge in [0.05, 0.1) is 0 Å². The molecule has 0 amide bonds. The van der Waals surface area contributed by atoms with E-state index >= 15 is 0 Å². The molecule has 0 aliphatic rings. The molecule has 2 aromatic carbocycles. The minimum atomic E-state index is 0.553. The molecule has 0 aromatic heterocycles. The van der Waals surface area contributed by atoms with Gasteiger partial charge in [-0.3, -0.25) is 0 Å². The van der Waals surface area contributed by atoms with Gasteiger partial charge in [-0.25, -0.2) is 0 Å². The van der Waals surface area contributed by atoms with Gasteiger partial charge in [-0.15, -0.1) is 0 Å². The summed E-state index contributed by atoms with van der Waals surface area (Å²) in [6.07, 6.45) is 0.553. The largest absolute Gasteiger partial charge is 0.398 e. The van der Waals surface area contributed by atoms with E-state index in [1.807, 2.05) is 37.3 Å². The van der Waals surface area contributed by atoms with Crippen LogP contribution in [0, 0.1) is 6.92 Å². The molecule has 8 N–H and O–H groups in total. The molecule has 2 aromatic rings. The van der Waals surface area contributed by atoms with Crippen molar-refractivity contribution in [1.29, 1.82) is 0 Å². The summed E-state index contributed by atoms with van der Waals surface area (Å²) < 4.78 is 0. The van der Waals surface area contributed by atoms with Crippen molar-refractivity contribution in [2.75, 3.05) is 22.9 Å². The van der Waals surface area contributed by atoms with Gasteiger partial charge in [0.1, 0.15) is 0 Å². The second kappa shape index (κ2) is 4.49. The van der Waals surface area contributed by atoms with Gasteiger partial charge in [0.25, 0.3) is 0 Å². The van der Waals surface area contributed by atoms with Crippen molar-refractivity contribution >= 4 is 22.7 Å². The van der Waals surface area contributed by atoms with Crippen molar-refractivity contribution in [3.8, 4) is 0 Å². The molecule has 0 heterocycles. The Morgan fingerprint density at radius 2 is 1.33 bits per heavy atom. The predicted molar refractivity (Wildman–Crippen MR) is 78.1 cm³/mol. The lowest BCUT2D eigenvalue weighted by molar-refractivity contribution is 1.20. The summed E-state index contributed by atoms with van der Waals surface area (Å²) >= 11 is 0. The molecule has 18 heavy (non-hydrogen) atoms. The quantitative estimate of drug-likeness (QED) is 0.604. The molecule has 0 saturated carbocycles. The highest BCUT2D eigenvalue weighted by Gasteiger charge is 2.11. The number of hydrogen-bond donors (Lipinski definition) is 4. The van der Waals surface area contributed by atoms with Gasteiger partial charge in [-0.2, -0.15) is 0 Å². The van der Waals surface area contributed by atoms with E-state index in [0.717, 1.165) is 16.7 Å². The van der Waals surface area contributed by atoms with Crippen LogP contribution in [0.4, 0.5) is 22.7 Å². The molecule has 0 fully saturated rings. The van der Waals surface area contributed by atoms with Crippen LogP contribution in [-0.4, -0.2) is 0 Å². The predicted octanol–water partition coefficient (Wildman–Crippen LogP) is 1.91. The summed E-state index contributed by atoms with van der Waals surface area (Å²) in [5.74, 6) is 0. The Bertz CT molecular complexity index is 570. The fraction of sp³-hybridized carbons (Fsp3) is 0.143. The van der Waals surface area contributed by atoms with Gasteiger partial charge in [0.15, 0.2) is 0 Å². The fourth-order valence-electron chi connectivity index (χ4n) is 2.00. The van der Waals surface area contributed by atoms with Gasteiger partial charge in [-0.1, -0.05) is 12.1 Å². The van der Waals surface area contributed by atoms with Crippen molar-refractivity contribution in [2.24, 2.45) is 0 Å². The SMILES string of the molecule is Cc1ccc(N)c(Cc2c(N)cccc2N)c1N. The van der Waals surface area contributed by atoms with Crippen molar-refractivity contribution in [1.82, 2.24) is 0 Å². The molecule has 0 radical (unpaired) electrons. The zero-order valence-electron chi connectivity index (χ0n) is 10.4. The Kier molecular flexibility index (Phi) is 3.02. The summed E-state index contributed by atoms with van der Waals surface area (Å²) in [5.41, 5.74) is 29.4. The van der Waals surface area contributed by atoms with E-state index in [9.17, 15) is 0 Å². The summed E-state index contributed by atoms with van der Waals surface area (Å²) in [4.78, 5) is 0. The monoisotopic (exact) mass is 242 g/mol. The van der Waals surface area contributed by atoms with Crippen LogP contribution in [0.25, 0.3) is 0 Å². The number of nitrogen functional groups attached to an aromatic ring is 4. The Labute approximate surface area is 107 Å². The molecule has 0 bridgehead atoms. The Balaban J connectivity index is 2.50. The van der Waals surface area contributed by atoms with Gasteiger partial charge in [0, 0.05) is 40.3 Å². The van der Waals surface area contributed by atoms with E-state index in [4.69, 9.17) is 22.9 Å². The third-order valence-electron chi connectivity index (χ3n) is 3.21. The Morgan fingerprint density at radius 3 is 1.94 bits per heavy atom. The van der Waals surface area contributed by atoms with Gasteiger partial charge >= 0.3 is 0 Å². The van der Waals surface area contributed by atoms with Crippen molar-refractivity contribution in [3.05, 3.63) is 47.0 Å². The molecule has 0 aliphatic heterocycles. The lowest BCUT2D eigenvalue weighted by atomic mass is 9.97. The molecule has 4 nitrogen and oxygen atoms in total. The second-order valence-corrected chi connectivity index (χ2v) is 4.46. The second-order valence-electron chi connectivity index (χ2n) is 4.46. The van der Waals surface area contributed by atoms with Crippen LogP contribution >= 0.6 is 0 Å². The number of nitrogens with two attached hydrogens (primary N) is 4. The van der Waals surface area contributed by atoms with Crippen LogP contribution in [0.5, 0.6) is 0 Å². The first kappa shape index (κ1) is 12.1. The normalized spacial score (nSPS) is 10.5. The molecular weight excluding hydrogens is 224 g/mol. The van der Waals surface area contributed by atoms with Crippen LogP contribution in [-0.2, 0) is 6.42 Å². The van der Waals surface area contributed by atoms with Crippen LogP contribution < -0.4 is 22.9 Å². The van der Waals surface area contributed by atoms with Crippen molar-refractivity contribution in [2.45, 2.75) is 13.3 Å². The smallest absolute Gasteiger partial charge is 0.0400 e. The molecule has 4 heteroatoms. The Morgan fingerprint density at radius 1 is 0.778 bits per heavy atom. The molecule has 0 saturated heterocycles. The first-order valence-corrected chi connectivity index (χ1v) is 5.77. The highest BCUT2D eigenvalue weighted by atomic mass is 14.7. The summed E-state index contributed by atoms with van der Waals surface area (Å²) in [6.45, 7) is 1.95. The maximum absolute atomic E-state index is 6.07. The molecule has 0 spiro atoms. The Hall–Kier alpha value is -2.36. The number of hydrogen-bond acceptors (Lipinski definition) is 4. The van der Waals surface area contributed by atoms with E-state index in [1.54, 1.807) is 0 Å². The molecular formula is C14H18N4. The van der Waals surface area contributed by atoms with Crippen molar-refractivity contribution < 1.29 is 0 Å². The molecule has 0 aliphatic carbocycles. The molecule has 0 atom stereocenters. The maximum atomic E-state index is 6.07. The van der Waals surface area contributed by atoms with E-state index in [2.05, 4.69) is 0 Å². The standard InChI is InChI=1S/C14H18N4/c1-8-5-6-13(17)10(14(8)18)7-9-11(15)3-2-4-12(9)16/h2-6H,7,15-18H2,1H3. The first-order valence-electron chi connectivity index (χ1n) is 5.77. The third kappa shape index (κ3) is 2.05. The van der Waals surface area contributed by atoms with Gasteiger partial charge < -0.3 is 22.9 Å². The van der Waals surface area contributed by atoms with Crippen LogP contribution in [0.3, 0.4) is 0 Å². The summed E-state index contributed by atoms with van der Waals surface area (Å²) in [5, 5.41) is 0. The third-order valence-corrected chi connectivity index (χ3v) is 3.21. The van der Waals surface area contributed by atoms with E-state index in [-0.39, 0.29) is 0 Å². The average molecular weight is 242 g/mol. The lowest BCUT2D eigenvalue weighted by Crippen LogP contribution is -2.06. The highest BCUT2D eigenvalue weighted by molar-refractivity contribution is 5.70. The number of rotatable bonds is 2. The number of benzene rings is 2. The summed E-state index contributed by atoms with van der Waals surface area (Å²) in [7, 11) is 0. The van der Waals surface area contributed by atoms with Crippen LogP contribution in [0.1, 0.15) is 16.7 Å². The molecule has 94 valence electrons. The van der Waals surface area contributed by atoms with Crippen LogP contribution in [0.15, 0.2) is 30.3 Å². The van der Waals surface area contributed by atoms with E-state index in [1.165, 1.54) is 0 Å². The average Bonchev–Trinajstić information content (AvgIpc) is 2.33. The minimum Gasteiger partial charge on any atom is -0.398 e. The van der Waals surface area contributed by atoms with Gasteiger partial charge in [-0.05, 0) is 30.7 Å². The first-order chi connectivity index (χ1) is 8.50. The fourth-order valence-corrected chi connectivity index (χ4v) is 2.00. The summed E-state index contributed by atoms with van der Waals surface area (Å²) in [6, 6.07) is 9.25. The topological polar surface area (TPSA) is 104 Å². The highest BCUT2D eigenvalue weighted by Crippen LogP contribution is 2.30. The van der Waals surface area contributed by atoms with E-state index < -0.39 is 0 Å². The number of aryl methyl sites for hydroxylation is 1. The van der Waals surface area contributed by atoms with Crippen LogP contribution in [0.2, 0.25) is 0 Å². The van der Waals surface area contributed by atoms with Crippen molar-refractivity contribution in [3.63, 3.8) is 0 Å². The zero-order chi connectivity index (χ0) is 13.3. The van der Waals surface area contributed by atoms with E-state index in [0.29, 0.717) is 29.2 Å². The lowest BCUT2D eigenvalue weighted by Gasteiger charge is -2.14. The maximum Gasteiger partial charge on any atom is 0.0400 e. The molecule has 2 rings (SSSR count). The van der Waals surface area contributed by atoms with Gasteiger partial charge in [0.2, 0.25) is 0 Å². The zero-order valence-corrected chi connectivity index (χ0v) is 10.4.